The molecule has 0 radical (unpaired) electrons. The van der Waals surface area contributed by atoms with Crippen molar-refractivity contribution in [2.75, 3.05) is 32.7 Å². The van der Waals surface area contributed by atoms with Gasteiger partial charge in [-0.15, -0.1) is 0 Å². The Morgan fingerprint density at radius 3 is 1.24 bits per heavy atom. The molecule has 36 heteroatoms. The monoisotopic (exact) mass is 1210 g/mol. The number of carboxylic acid groups (broad SMARTS) is 3. The van der Waals surface area contributed by atoms with Crippen LogP contribution in [0, 0.1) is 5.92 Å². The Bertz CT molecular complexity index is 2550. The Morgan fingerprint density at radius 2 is 0.800 bits per heavy atom. The number of guanidine groups is 4. The standard InChI is InChI=1S/C49H83N21O15/c1-24(2)19-31(41(80)70-34(22-37(75)76)44(83)66-29(9-5-17-61-48(55)56)40(79)67-30(45(84)85)10-6-18-62-49(57)58)69-43(82)33(21-36(73)74)64-35(72)23-63-39(78)28(8-4-16-60-47(53)54)65-42(81)32(20-25-11-13-26(71)14-12-25)68-38(77)27(50)7-3-15-59-46(51)52/h11-14,24,27-34,71H,3-10,15-23,50H2,1-2H3,(H,63,78)(H,64,72)(H,65,81)(H,66,83)(H,67,79)(H,68,77)(H,69,82)(H,70,80)(H,73,74)(H,75,76)(H,84,85)(H4,51,52,59)(H4,53,54,60)(H4,55,56,61)(H4,57,58,62)/t27-,28-,29-,30-,31-,32-,33-,34-/m0/s1. The van der Waals surface area contributed by atoms with Crippen molar-refractivity contribution < 1.29 is 73.2 Å². The van der Waals surface area contributed by atoms with E-state index in [4.69, 9.17) is 51.6 Å². The van der Waals surface area contributed by atoms with Gasteiger partial charge in [-0.1, -0.05) is 26.0 Å². The highest BCUT2D eigenvalue weighted by Gasteiger charge is 2.35. The molecule has 1 aromatic carbocycles. The fourth-order valence-electron chi connectivity index (χ4n) is 7.68. The number of phenolic OH excluding ortho intramolecular Hbond substituents is 1. The highest BCUT2D eigenvalue weighted by molar-refractivity contribution is 5.99. The van der Waals surface area contributed by atoms with E-state index >= 15 is 0 Å². The van der Waals surface area contributed by atoms with E-state index in [1.165, 1.54) is 24.3 Å². The Labute approximate surface area is 488 Å². The number of nitrogens with two attached hydrogens (primary N) is 9. The van der Waals surface area contributed by atoms with Gasteiger partial charge in [0.25, 0.3) is 0 Å². The van der Waals surface area contributed by atoms with Gasteiger partial charge in [0.15, 0.2) is 23.8 Å². The molecule has 0 aliphatic carbocycles. The summed E-state index contributed by atoms with van der Waals surface area (Å²) in [5.74, 6) is -14.7. The SMILES string of the molecule is CC(C)C[C@H](NC(=O)[C@H](CC(=O)O)NC(=O)CNC(=O)[C@H](CCCN=C(N)N)NC(=O)[C@H](Cc1ccc(O)cc1)NC(=O)[C@@H](N)CCCN=C(N)N)C(=O)N[C@@H](CC(=O)O)C(=O)N[C@@H](CCCN=C(N)N)C(=O)N[C@@H](CCCN=C(N)N)C(=O)O. The molecule has 0 heterocycles. The highest BCUT2D eigenvalue weighted by Crippen LogP contribution is 2.14. The molecule has 0 unspecified atom stereocenters. The number of nitrogens with zero attached hydrogens (tertiary/aromatic N) is 4. The van der Waals surface area contributed by atoms with Crippen LogP contribution in [0.5, 0.6) is 5.75 Å². The first kappa shape index (κ1) is 73.2. The number of hydrogen-bond acceptors (Lipinski definition) is 17. The fraction of sp³-hybridized carbons (Fsp3) is 0.571. The van der Waals surface area contributed by atoms with Crippen LogP contribution >= 0.6 is 0 Å². The normalized spacial score (nSPS) is 13.6. The second kappa shape index (κ2) is 38.8. The molecule has 0 bridgehead atoms. The maximum Gasteiger partial charge on any atom is 0.326 e. The molecule has 0 saturated heterocycles. The first-order chi connectivity index (χ1) is 39.9. The van der Waals surface area contributed by atoms with Crippen molar-refractivity contribution in [3.8, 4) is 5.75 Å². The van der Waals surface area contributed by atoms with Crippen LogP contribution < -0.4 is 94.1 Å². The molecule has 0 aromatic heterocycles. The van der Waals surface area contributed by atoms with Crippen LogP contribution in [0.2, 0.25) is 0 Å². The fourth-order valence-corrected chi connectivity index (χ4v) is 7.68. The summed E-state index contributed by atoms with van der Waals surface area (Å²) in [6.07, 6.45) is -2.52. The van der Waals surface area contributed by atoms with Gasteiger partial charge in [0.2, 0.25) is 47.3 Å². The third-order valence-corrected chi connectivity index (χ3v) is 11.8. The summed E-state index contributed by atoms with van der Waals surface area (Å²) in [6, 6.07) is -6.92. The summed E-state index contributed by atoms with van der Waals surface area (Å²) in [5, 5.41) is 57.9. The van der Waals surface area contributed by atoms with Crippen LogP contribution in [-0.2, 0) is 59.2 Å². The second-order valence-electron chi connectivity index (χ2n) is 19.6. The van der Waals surface area contributed by atoms with Crippen molar-refractivity contribution in [3.05, 3.63) is 29.8 Å². The van der Waals surface area contributed by atoms with Gasteiger partial charge in [-0.3, -0.25) is 67.9 Å². The van der Waals surface area contributed by atoms with Crippen LogP contribution in [0.25, 0.3) is 0 Å². The predicted molar refractivity (Wildman–Crippen MR) is 308 cm³/mol. The number of benzene rings is 1. The average Bonchev–Trinajstić information content (AvgIpc) is 3.63. The first-order valence-corrected chi connectivity index (χ1v) is 26.7. The van der Waals surface area contributed by atoms with Gasteiger partial charge in [-0.05, 0) is 81.4 Å². The number of carbonyl (C=O) groups is 11. The number of nitrogens with one attached hydrogen (secondary N) is 8. The smallest absolute Gasteiger partial charge is 0.326 e. The zero-order chi connectivity index (χ0) is 64.3. The summed E-state index contributed by atoms with van der Waals surface area (Å²) in [6.45, 7) is 2.38. The van der Waals surface area contributed by atoms with E-state index in [2.05, 4.69) is 62.5 Å². The second-order valence-corrected chi connectivity index (χ2v) is 19.6. The van der Waals surface area contributed by atoms with Crippen molar-refractivity contribution in [1.82, 2.24) is 42.5 Å². The molecule has 0 saturated carbocycles. The molecule has 0 aliphatic heterocycles. The molecule has 1 rings (SSSR count). The molecule has 0 spiro atoms. The van der Waals surface area contributed by atoms with Crippen molar-refractivity contribution in [2.45, 2.75) is 139 Å². The number of carboxylic acids is 3. The van der Waals surface area contributed by atoms with E-state index in [1.807, 2.05) is 0 Å². The Balaban J connectivity index is 3.42. The molecule has 85 heavy (non-hydrogen) atoms. The lowest BCUT2D eigenvalue weighted by Crippen LogP contribution is -2.59. The number of amides is 8. The van der Waals surface area contributed by atoms with E-state index in [-0.39, 0.29) is 114 Å². The van der Waals surface area contributed by atoms with Crippen LogP contribution in [0.15, 0.2) is 44.2 Å². The number of aliphatic imine (C=N–C) groups is 4. The predicted octanol–water partition coefficient (Wildman–Crippen LogP) is -7.93. The van der Waals surface area contributed by atoms with Crippen molar-refractivity contribution in [2.24, 2.45) is 77.5 Å². The van der Waals surface area contributed by atoms with Gasteiger partial charge in [-0.2, -0.15) is 0 Å². The molecule has 30 N–H and O–H groups in total. The van der Waals surface area contributed by atoms with Gasteiger partial charge in [0.1, 0.15) is 48.0 Å². The summed E-state index contributed by atoms with van der Waals surface area (Å²) in [5.41, 5.74) is 49.6. The van der Waals surface area contributed by atoms with Crippen molar-refractivity contribution in [3.63, 3.8) is 0 Å². The molecule has 1 aromatic rings. The average molecular weight is 1210 g/mol. The number of carbonyl (C=O) groups excluding carboxylic acids is 8. The summed E-state index contributed by atoms with van der Waals surface area (Å²) in [4.78, 5) is 161. The maximum atomic E-state index is 14.0. The van der Waals surface area contributed by atoms with E-state index in [0.717, 1.165) is 0 Å². The zero-order valence-corrected chi connectivity index (χ0v) is 47.3. The number of aliphatic carboxylic acids is 3. The third kappa shape index (κ3) is 32.5. The van der Waals surface area contributed by atoms with Crippen LogP contribution in [0.1, 0.15) is 90.0 Å². The summed E-state index contributed by atoms with van der Waals surface area (Å²) in [7, 11) is 0. The number of aromatic hydroxyl groups is 1. The van der Waals surface area contributed by atoms with Gasteiger partial charge in [0.05, 0.1) is 25.4 Å². The lowest BCUT2D eigenvalue weighted by Gasteiger charge is -2.27. The molecule has 0 aliphatic rings. The largest absolute Gasteiger partial charge is 0.508 e. The van der Waals surface area contributed by atoms with Gasteiger partial charge in [0, 0.05) is 32.6 Å². The quantitative estimate of drug-likeness (QED) is 0.0164. The van der Waals surface area contributed by atoms with Crippen molar-refractivity contribution >= 4 is 89.0 Å². The highest BCUT2D eigenvalue weighted by atomic mass is 16.4. The lowest BCUT2D eigenvalue weighted by atomic mass is 10.0. The first-order valence-electron chi connectivity index (χ1n) is 26.7. The van der Waals surface area contributed by atoms with Crippen LogP contribution in [0.4, 0.5) is 0 Å². The van der Waals surface area contributed by atoms with Crippen LogP contribution in [0.3, 0.4) is 0 Å². The zero-order valence-electron chi connectivity index (χ0n) is 47.3. The molecule has 474 valence electrons. The lowest BCUT2D eigenvalue weighted by molar-refractivity contribution is -0.143. The number of phenols is 1. The number of rotatable bonds is 41. The Hall–Kier alpha value is -9.77. The maximum absolute atomic E-state index is 14.0. The van der Waals surface area contributed by atoms with Crippen molar-refractivity contribution in [1.29, 1.82) is 0 Å². The van der Waals surface area contributed by atoms with E-state index in [0.29, 0.717) is 12.0 Å². The Kier molecular flexibility index (Phi) is 33.5. The molecule has 36 nitrogen and oxygen atoms in total. The summed E-state index contributed by atoms with van der Waals surface area (Å²) < 4.78 is 0. The van der Waals surface area contributed by atoms with Crippen LogP contribution in [-0.4, -0.2) is 190 Å². The summed E-state index contributed by atoms with van der Waals surface area (Å²) >= 11 is 0. The minimum Gasteiger partial charge on any atom is -0.508 e. The molecule has 0 fully saturated rings. The van der Waals surface area contributed by atoms with E-state index in [9.17, 15) is 73.2 Å². The molecular weight excluding hydrogens is 1120 g/mol. The molecule has 8 amide bonds. The van der Waals surface area contributed by atoms with E-state index in [1.54, 1.807) is 13.8 Å². The minimum absolute atomic E-state index is 0.0153. The molecule has 8 atom stereocenters. The van der Waals surface area contributed by atoms with Gasteiger partial charge in [-0.25, -0.2) is 4.79 Å². The molecular formula is C49H83N21O15. The van der Waals surface area contributed by atoms with Gasteiger partial charge < -0.3 is 115 Å². The third-order valence-electron chi connectivity index (χ3n) is 11.8. The topological polar surface area (TPSA) is 649 Å². The van der Waals surface area contributed by atoms with E-state index < -0.39 is 139 Å². The number of hydrogen-bond donors (Lipinski definition) is 21. The van der Waals surface area contributed by atoms with Gasteiger partial charge >= 0.3 is 17.9 Å². The minimum atomic E-state index is -1.96. The Morgan fingerprint density at radius 1 is 0.447 bits per heavy atom.